The predicted molar refractivity (Wildman–Crippen MR) is 165 cm³/mol. The van der Waals surface area contributed by atoms with E-state index in [0.717, 1.165) is 0 Å². The Kier molecular flexibility index (Phi) is 10.3. The van der Waals surface area contributed by atoms with Gasteiger partial charge in [0, 0.05) is 6.20 Å². The van der Waals surface area contributed by atoms with Crippen molar-refractivity contribution >= 4 is 41.5 Å². The van der Waals surface area contributed by atoms with Crippen LogP contribution >= 0.6 is 0 Å². The number of hydrogen-bond donors (Lipinski definition) is 0. The van der Waals surface area contributed by atoms with Gasteiger partial charge >= 0.3 is 0 Å². The fourth-order valence-corrected chi connectivity index (χ4v) is 8.18. The van der Waals surface area contributed by atoms with Gasteiger partial charge in [-0.15, -0.1) is 0 Å². The topological polar surface area (TPSA) is 76.3 Å². The van der Waals surface area contributed by atoms with Crippen LogP contribution in [0.25, 0.3) is 0 Å². The van der Waals surface area contributed by atoms with Gasteiger partial charge in [0.05, 0.1) is 6.61 Å². The van der Waals surface area contributed by atoms with E-state index in [2.05, 4.69) is 98.2 Å². The van der Waals surface area contributed by atoms with Gasteiger partial charge in [-0.2, -0.15) is 4.98 Å². The third-order valence-electron chi connectivity index (χ3n) is 4.88. The van der Waals surface area contributed by atoms with Crippen molar-refractivity contribution in [3.8, 4) is 6.01 Å². The SMILES string of the molecule is C[Si](C)(C)N=c1ccn(C2OC(CO[Si](C)(C)C)C(O[Si](C)(C)C)C2O[Si](C)(C)C)c(O[Si](C)(C)C)n1. The average molecular weight is 604 g/mol. The average Bonchev–Trinajstić information content (AvgIpc) is 2.91. The number of rotatable bonds is 11. The Morgan fingerprint density at radius 1 is 0.784 bits per heavy atom. The third-order valence-corrected chi connectivity index (χ3v) is 9.57. The van der Waals surface area contributed by atoms with Gasteiger partial charge in [-0.05, 0) is 104 Å². The van der Waals surface area contributed by atoms with Crippen LogP contribution in [-0.4, -0.2) is 76.0 Å². The largest absolute Gasteiger partial charge is 0.519 e. The molecule has 0 amide bonds. The zero-order chi connectivity index (χ0) is 28.6. The maximum Gasteiger partial charge on any atom is 0.286 e. The lowest BCUT2D eigenvalue weighted by molar-refractivity contribution is -0.0502. The molecule has 0 saturated carbocycles. The number of hydrogen-bond acceptors (Lipinski definition) is 7. The summed E-state index contributed by atoms with van der Waals surface area (Å²) in [6.45, 7) is 33.4. The number of nitrogens with zero attached hydrogens (tertiary/aromatic N) is 3. The second-order valence-corrected chi connectivity index (χ2v) is 37.3. The molecule has 4 unspecified atom stereocenters. The monoisotopic (exact) mass is 603 g/mol. The van der Waals surface area contributed by atoms with Gasteiger partial charge in [-0.3, -0.25) is 4.57 Å². The van der Waals surface area contributed by atoms with E-state index >= 15 is 0 Å². The van der Waals surface area contributed by atoms with Gasteiger partial charge in [-0.1, -0.05) is 0 Å². The molecule has 0 aromatic carbocycles. The Bertz CT molecular complexity index is 972. The minimum atomic E-state index is -1.99. The molecule has 1 aliphatic heterocycles. The van der Waals surface area contributed by atoms with Gasteiger partial charge in [-0.25, -0.2) is 0 Å². The first kappa shape index (κ1) is 32.8. The molecule has 0 aliphatic carbocycles. The fraction of sp³-hybridized carbons (Fsp3) is 0.833. The first-order valence-corrected chi connectivity index (χ1v) is 30.5. The van der Waals surface area contributed by atoms with Crippen LogP contribution in [0, 0.1) is 0 Å². The summed E-state index contributed by atoms with van der Waals surface area (Å²) >= 11 is 0. The van der Waals surface area contributed by atoms with Gasteiger partial charge in [0.15, 0.2) is 39.4 Å². The lowest BCUT2D eigenvalue weighted by Crippen LogP contribution is -2.48. The summed E-state index contributed by atoms with van der Waals surface area (Å²) in [5.41, 5.74) is 0.706. The molecule has 214 valence electrons. The Morgan fingerprint density at radius 3 is 1.78 bits per heavy atom. The molecule has 1 aliphatic rings. The quantitative estimate of drug-likeness (QED) is 0.288. The van der Waals surface area contributed by atoms with Crippen LogP contribution in [0.3, 0.4) is 0 Å². The summed E-state index contributed by atoms with van der Waals surface area (Å²) in [6.07, 6.45) is 0.772. The molecule has 0 N–H and O–H groups in total. The molecule has 8 nitrogen and oxygen atoms in total. The van der Waals surface area contributed by atoms with E-state index in [0.29, 0.717) is 18.1 Å². The molecule has 1 saturated heterocycles. The van der Waals surface area contributed by atoms with Crippen LogP contribution in [0.4, 0.5) is 0 Å². The van der Waals surface area contributed by atoms with Crippen molar-refractivity contribution in [1.82, 2.24) is 9.55 Å². The van der Waals surface area contributed by atoms with E-state index in [1.165, 1.54) is 0 Å². The van der Waals surface area contributed by atoms with Crippen molar-refractivity contribution in [2.75, 3.05) is 6.61 Å². The highest BCUT2D eigenvalue weighted by Gasteiger charge is 2.50. The maximum atomic E-state index is 6.84. The van der Waals surface area contributed by atoms with Gasteiger partial charge in [0.25, 0.3) is 6.01 Å². The Morgan fingerprint density at radius 2 is 1.32 bits per heavy atom. The van der Waals surface area contributed by atoms with E-state index in [1.807, 2.05) is 16.8 Å². The van der Waals surface area contributed by atoms with Gasteiger partial charge < -0.3 is 27.1 Å². The Balaban J connectivity index is 2.66. The van der Waals surface area contributed by atoms with Gasteiger partial charge in [0.2, 0.25) is 8.32 Å². The van der Waals surface area contributed by atoms with Crippen molar-refractivity contribution in [2.24, 2.45) is 4.66 Å². The molecule has 1 aromatic rings. The van der Waals surface area contributed by atoms with E-state index in [4.69, 9.17) is 32.1 Å². The summed E-state index contributed by atoms with van der Waals surface area (Å²) < 4.78 is 40.2. The van der Waals surface area contributed by atoms with Gasteiger partial charge in [0.1, 0.15) is 23.8 Å². The molecule has 0 bridgehead atoms. The molecule has 13 heteroatoms. The minimum Gasteiger partial charge on any atom is -0.519 e. The molecule has 0 spiro atoms. The molecule has 4 atom stereocenters. The Labute approximate surface area is 230 Å². The maximum absolute atomic E-state index is 6.84. The van der Waals surface area contributed by atoms with Crippen molar-refractivity contribution in [1.29, 1.82) is 0 Å². The highest BCUT2D eigenvalue weighted by Crippen LogP contribution is 2.39. The van der Waals surface area contributed by atoms with E-state index in [9.17, 15) is 0 Å². The summed E-state index contributed by atoms with van der Waals surface area (Å²) in [5.74, 6) is 0. The summed E-state index contributed by atoms with van der Waals surface area (Å²) in [7, 11) is -9.36. The normalized spacial score (nSPS) is 24.6. The zero-order valence-corrected chi connectivity index (χ0v) is 31.1. The van der Waals surface area contributed by atoms with Crippen LogP contribution in [-0.2, 0) is 18.0 Å². The van der Waals surface area contributed by atoms with Crippen LogP contribution in [0.2, 0.25) is 98.2 Å². The molecule has 2 heterocycles. The van der Waals surface area contributed by atoms with E-state index in [-0.39, 0.29) is 18.3 Å². The lowest BCUT2D eigenvalue weighted by atomic mass is 10.1. The number of aromatic nitrogens is 2. The minimum absolute atomic E-state index is 0.238. The molecule has 2 rings (SSSR count). The second-order valence-electron chi connectivity index (χ2n) is 14.9. The molecular weight excluding hydrogens is 551 g/mol. The molecule has 37 heavy (non-hydrogen) atoms. The lowest BCUT2D eigenvalue weighted by Gasteiger charge is -2.35. The van der Waals surface area contributed by atoms with Crippen LogP contribution in [0.1, 0.15) is 6.23 Å². The Hall–Kier alpha value is -0.396. The fourth-order valence-electron chi connectivity index (χ4n) is 3.84. The zero-order valence-electron chi connectivity index (χ0n) is 26.1. The van der Waals surface area contributed by atoms with Crippen molar-refractivity contribution in [3.05, 3.63) is 17.8 Å². The first-order valence-electron chi connectivity index (χ1n) is 13.4. The van der Waals surface area contributed by atoms with E-state index in [1.54, 1.807) is 0 Å². The predicted octanol–water partition coefficient (Wildman–Crippen LogP) is 6.02. The highest BCUT2D eigenvalue weighted by molar-refractivity contribution is 6.74. The summed E-state index contributed by atoms with van der Waals surface area (Å²) in [5, 5.41) is 0. The molecule has 1 fully saturated rings. The van der Waals surface area contributed by atoms with Crippen molar-refractivity contribution in [2.45, 2.75) is 123 Å². The molecule has 1 aromatic heterocycles. The first-order chi connectivity index (χ1) is 16.4. The van der Waals surface area contributed by atoms with Crippen molar-refractivity contribution in [3.63, 3.8) is 0 Å². The van der Waals surface area contributed by atoms with Crippen LogP contribution in [0.15, 0.2) is 16.9 Å². The molecule has 0 radical (unpaired) electrons. The number of ether oxygens (including phenoxy) is 1. The summed E-state index contributed by atoms with van der Waals surface area (Å²) in [6, 6.07) is 2.50. The third kappa shape index (κ3) is 11.7. The smallest absolute Gasteiger partial charge is 0.286 e. The van der Waals surface area contributed by atoms with Crippen LogP contribution < -0.4 is 9.91 Å². The standard InChI is InChI=1S/C24H53N3O5Si5/c1-33(2,3)26-20-16-17-27(24(25-20)32-37(13,14)15)23-22(31-36(10,11)12)21(30-35(7,8)9)19(29-23)18-28-34(4,5)6/h16-17,19,21-23H,18H2,1-15H3. The second kappa shape index (κ2) is 11.6. The highest BCUT2D eigenvalue weighted by atomic mass is 28.4. The van der Waals surface area contributed by atoms with E-state index < -0.39 is 47.7 Å². The molecular formula is C24H53N3O5Si5. The van der Waals surface area contributed by atoms with Crippen LogP contribution in [0.5, 0.6) is 6.01 Å². The summed E-state index contributed by atoms with van der Waals surface area (Å²) in [4.78, 5) is 4.89. The van der Waals surface area contributed by atoms with Crippen molar-refractivity contribution < 1.29 is 22.4 Å².